The van der Waals surface area contributed by atoms with E-state index in [9.17, 15) is 0 Å². The Balaban J connectivity index is 2.10. The zero-order chi connectivity index (χ0) is 14.4. The molecular formula is C17H18O2S. The van der Waals surface area contributed by atoms with Gasteiger partial charge in [-0.1, -0.05) is 42.5 Å². The van der Waals surface area contributed by atoms with Crippen molar-refractivity contribution in [2.24, 2.45) is 0 Å². The third-order valence-corrected chi connectivity index (χ3v) is 3.41. The summed E-state index contributed by atoms with van der Waals surface area (Å²) in [5.74, 6) is 1.67. The van der Waals surface area contributed by atoms with E-state index in [1.54, 1.807) is 14.2 Å². The van der Waals surface area contributed by atoms with Gasteiger partial charge in [-0.2, -0.15) is 0 Å². The quantitative estimate of drug-likeness (QED) is 0.751. The van der Waals surface area contributed by atoms with E-state index in [2.05, 4.69) is 12.1 Å². The lowest BCUT2D eigenvalue weighted by Gasteiger charge is -2.11. The third-order valence-electron chi connectivity index (χ3n) is 3.12. The molecule has 0 N–H and O–H groups in total. The van der Waals surface area contributed by atoms with Crippen LogP contribution < -0.4 is 9.47 Å². The van der Waals surface area contributed by atoms with E-state index in [-0.39, 0.29) is 0 Å². The van der Waals surface area contributed by atoms with Gasteiger partial charge in [0.1, 0.15) is 11.5 Å². The average Bonchev–Trinajstić information content (AvgIpc) is 2.48. The van der Waals surface area contributed by atoms with E-state index in [1.807, 2.05) is 36.4 Å². The van der Waals surface area contributed by atoms with Gasteiger partial charge in [0.15, 0.2) is 0 Å². The lowest BCUT2D eigenvalue weighted by Crippen LogP contribution is -2.05. The lowest BCUT2D eigenvalue weighted by molar-refractivity contribution is 0.400. The second-order valence-electron chi connectivity index (χ2n) is 4.56. The monoisotopic (exact) mass is 286 g/mol. The molecule has 0 aliphatic heterocycles. The Morgan fingerprint density at radius 2 is 1.70 bits per heavy atom. The Morgan fingerprint density at radius 1 is 0.950 bits per heavy atom. The molecule has 20 heavy (non-hydrogen) atoms. The summed E-state index contributed by atoms with van der Waals surface area (Å²) < 4.78 is 10.6. The summed E-state index contributed by atoms with van der Waals surface area (Å²) in [4.78, 5) is 0.989. The molecule has 0 saturated carbocycles. The van der Waals surface area contributed by atoms with Crippen molar-refractivity contribution in [3.05, 3.63) is 59.7 Å². The predicted octanol–water partition coefficient (Wildman–Crippen LogP) is 3.86. The fourth-order valence-electron chi connectivity index (χ4n) is 2.12. The molecule has 0 aliphatic carbocycles. The minimum Gasteiger partial charge on any atom is -0.497 e. The summed E-state index contributed by atoms with van der Waals surface area (Å²) >= 11 is 5.51. The molecule has 2 aromatic carbocycles. The van der Waals surface area contributed by atoms with Gasteiger partial charge in [0.2, 0.25) is 0 Å². The smallest absolute Gasteiger partial charge is 0.122 e. The Kier molecular flexibility index (Phi) is 5.13. The minimum atomic E-state index is 0.713. The summed E-state index contributed by atoms with van der Waals surface area (Å²) in [7, 11) is 3.33. The highest BCUT2D eigenvalue weighted by Gasteiger charge is 2.08. The van der Waals surface area contributed by atoms with E-state index >= 15 is 0 Å². The molecule has 0 heterocycles. The molecule has 0 amide bonds. The summed E-state index contributed by atoms with van der Waals surface area (Å²) in [6.45, 7) is 0. The normalized spacial score (nSPS) is 10.1. The zero-order valence-electron chi connectivity index (χ0n) is 11.8. The SMILES string of the molecule is COc1ccc(OC)c(CC(=S)Cc2ccccc2)c1. The highest BCUT2D eigenvalue weighted by Crippen LogP contribution is 2.25. The van der Waals surface area contributed by atoms with Crippen LogP contribution in [0.3, 0.4) is 0 Å². The van der Waals surface area contributed by atoms with Crippen molar-refractivity contribution in [3.8, 4) is 11.5 Å². The van der Waals surface area contributed by atoms with Crippen molar-refractivity contribution < 1.29 is 9.47 Å². The average molecular weight is 286 g/mol. The van der Waals surface area contributed by atoms with Gasteiger partial charge in [0.05, 0.1) is 14.2 Å². The molecule has 0 fully saturated rings. The summed E-state index contributed by atoms with van der Waals surface area (Å²) in [5.41, 5.74) is 2.30. The van der Waals surface area contributed by atoms with Crippen LogP contribution in [-0.2, 0) is 12.8 Å². The first-order valence-corrected chi connectivity index (χ1v) is 6.90. The first-order valence-electron chi connectivity index (χ1n) is 6.49. The van der Waals surface area contributed by atoms with Gasteiger partial charge in [0.25, 0.3) is 0 Å². The van der Waals surface area contributed by atoms with Crippen molar-refractivity contribution in [1.82, 2.24) is 0 Å². The number of ether oxygens (including phenoxy) is 2. The Morgan fingerprint density at radius 3 is 2.35 bits per heavy atom. The number of hydrogen-bond donors (Lipinski definition) is 0. The molecule has 3 heteroatoms. The molecule has 0 aromatic heterocycles. The van der Waals surface area contributed by atoms with Gasteiger partial charge in [-0.15, -0.1) is 0 Å². The van der Waals surface area contributed by atoms with Crippen molar-refractivity contribution in [1.29, 1.82) is 0 Å². The second-order valence-corrected chi connectivity index (χ2v) is 5.13. The number of thiocarbonyl (C=S) groups is 1. The van der Waals surface area contributed by atoms with E-state index in [4.69, 9.17) is 21.7 Å². The topological polar surface area (TPSA) is 18.5 Å². The molecule has 0 unspecified atom stereocenters. The van der Waals surface area contributed by atoms with Crippen LogP contribution in [0.25, 0.3) is 0 Å². The molecule has 0 atom stereocenters. The maximum atomic E-state index is 5.51. The van der Waals surface area contributed by atoms with Crippen LogP contribution >= 0.6 is 12.2 Å². The van der Waals surface area contributed by atoms with E-state index in [1.165, 1.54) is 5.56 Å². The van der Waals surface area contributed by atoms with Crippen LogP contribution in [0.15, 0.2) is 48.5 Å². The molecule has 0 spiro atoms. The highest BCUT2D eigenvalue weighted by atomic mass is 32.1. The summed E-state index contributed by atoms with van der Waals surface area (Å²) in [5, 5.41) is 0. The highest BCUT2D eigenvalue weighted by molar-refractivity contribution is 7.80. The van der Waals surface area contributed by atoms with Crippen LogP contribution in [0.1, 0.15) is 11.1 Å². The van der Waals surface area contributed by atoms with Crippen LogP contribution in [0.5, 0.6) is 11.5 Å². The first-order chi connectivity index (χ1) is 9.72. The lowest BCUT2D eigenvalue weighted by atomic mass is 10.0. The van der Waals surface area contributed by atoms with Crippen LogP contribution in [0.2, 0.25) is 0 Å². The minimum absolute atomic E-state index is 0.713. The first kappa shape index (κ1) is 14.5. The van der Waals surface area contributed by atoms with Crippen LogP contribution in [-0.4, -0.2) is 19.1 Å². The van der Waals surface area contributed by atoms with E-state index < -0.39 is 0 Å². The Labute approximate surface area is 125 Å². The van der Waals surface area contributed by atoms with Gasteiger partial charge in [-0.05, 0) is 23.8 Å². The maximum Gasteiger partial charge on any atom is 0.122 e. The van der Waals surface area contributed by atoms with Crippen LogP contribution in [0, 0.1) is 0 Å². The molecular weight excluding hydrogens is 268 g/mol. The molecule has 104 valence electrons. The molecule has 0 aliphatic rings. The summed E-state index contributed by atoms with van der Waals surface area (Å²) in [6.07, 6.45) is 1.52. The maximum absolute atomic E-state index is 5.51. The van der Waals surface area contributed by atoms with E-state index in [0.717, 1.165) is 28.3 Å². The zero-order valence-corrected chi connectivity index (χ0v) is 12.6. The van der Waals surface area contributed by atoms with Crippen molar-refractivity contribution in [3.63, 3.8) is 0 Å². The third kappa shape index (κ3) is 3.81. The Bertz CT molecular complexity index is 579. The number of benzene rings is 2. The molecule has 2 rings (SSSR count). The number of methoxy groups -OCH3 is 2. The molecule has 0 saturated heterocycles. The van der Waals surface area contributed by atoms with Gasteiger partial charge in [-0.3, -0.25) is 0 Å². The Hall–Kier alpha value is -1.87. The number of hydrogen-bond acceptors (Lipinski definition) is 3. The molecule has 0 radical (unpaired) electrons. The predicted molar refractivity (Wildman–Crippen MR) is 86.0 cm³/mol. The van der Waals surface area contributed by atoms with Crippen molar-refractivity contribution in [2.45, 2.75) is 12.8 Å². The van der Waals surface area contributed by atoms with E-state index in [0.29, 0.717) is 6.42 Å². The standard InChI is InChI=1S/C17H18O2S/c1-18-15-8-9-17(19-2)14(11-15)12-16(20)10-13-6-4-3-5-7-13/h3-9,11H,10,12H2,1-2H3. The molecule has 2 nitrogen and oxygen atoms in total. The number of rotatable bonds is 6. The molecule has 2 aromatic rings. The van der Waals surface area contributed by atoms with Crippen molar-refractivity contribution >= 4 is 17.1 Å². The summed E-state index contributed by atoms with van der Waals surface area (Å²) in [6, 6.07) is 16.0. The largest absolute Gasteiger partial charge is 0.497 e. The fraction of sp³-hybridized carbons (Fsp3) is 0.235. The molecule has 0 bridgehead atoms. The van der Waals surface area contributed by atoms with Gasteiger partial charge in [-0.25, -0.2) is 0 Å². The van der Waals surface area contributed by atoms with Gasteiger partial charge in [0, 0.05) is 23.3 Å². The second kappa shape index (κ2) is 7.06. The van der Waals surface area contributed by atoms with Crippen LogP contribution in [0.4, 0.5) is 0 Å². The van der Waals surface area contributed by atoms with Gasteiger partial charge >= 0.3 is 0 Å². The van der Waals surface area contributed by atoms with Gasteiger partial charge < -0.3 is 9.47 Å². The van der Waals surface area contributed by atoms with Crippen molar-refractivity contribution in [2.75, 3.05) is 14.2 Å². The fourth-order valence-corrected chi connectivity index (χ4v) is 2.44.